The van der Waals surface area contributed by atoms with Gasteiger partial charge in [0.15, 0.2) is 0 Å². The Morgan fingerprint density at radius 2 is 2.00 bits per heavy atom. The summed E-state index contributed by atoms with van der Waals surface area (Å²) in [4.78, 5) is 6.48. The van der Waals surface area contributed by atoms with Crippen LogP contribution in [0.5, 0.6) is 0 Å². The van der Waals surface area contributed by atoms with Gasteiger partial charge in [-0.25, -0.2) is 4.98 Å². The zero-order valence-corrected chi connectivity index (χ0v) is 11.7. The van der Waals surface area contributed by atoms with Crippen LogP contribution >= 0.6 is 11.6 Å². The third-order valence-electron chi connectivity index (χ3n) is 2.89. The molecular formula is C13H21ClN2O. The summed E-state index contributed by atoms with van der Waals surface area (Å²) < 4.78 is 0. The molecule has 0 amide bonds. The lowest BCUT2D eigenvalue weighted by Crippen LogP contribution is -2.30. The van der Waals surface area contributed by atoms with Crippen molar-refractivity contribution in [3.05, 3.63) is 22.8 Å². The van der Waals surface area contributed by atoms with E-state index in [0.29, 0.717) is 22.7 Å². The Balaban J connectivity index is 2.84. The highest BCUT2D eigenvalue weighted by atomic mass is 35.5. The van der Waals surface area contributed by atoms with Crippen LogP contribution in [0, 0.1) is 5.92 Å². The first kappa shape index (κ1) is 14.3. The Morgan fingerprint density at radius 3 is 2.53 bits per heavy atom. The van der Waals surface area contributed by atoms with Crippen molar-refractivity contribution in [2.24, 2.45) is 5.92 Å². The van der Waals surface area contributed by atoms with Gasteiger partial charge in [0.25, 0.3) is 0 Å². The zero-order chi connectivity index (χ0) is 13.0. The van der Waals surface area contributed by atoms with Crippen LogP contribution in [0.1, 0.15) is 32.9 Å². The van der Waals surface area contributed by atoms with E-state index in [1.807, 2.05) is 13.1 Å². The SMILES string of the molecule is CC(C)CC(C)N(C)c1ccc(Cl)c(CO)n1. The lowest BCUT2D eigenvalue weighted by molar-refractivity contribution is 0.277. The van der Waals surface area contributed by atoms with Crippen molar-refractivity contribution in [1.29, 1.82) is 0 Å². The van der Waals surface area contributed by atoms with Gasteiger partial charge in [-0.1, -0.05) is 25.4 Å². The van der Waals surface area contributed by atoms with Gasteiger partial charge in [0.1, 0.15) is 5.82 Å². The summed E-state index contributed by atoms with van der Waals surface area (Å²) in [5, 5.41) is 9.66. The number of aliphatic hydroxyl groups excluding tert-OH is 1. The van der Waals surface area contributed by atoms with Gasteiger partial charge in [-0.15, -0.1) is 0 Å². The molecule has 0 fully saturated rings. The third kappa shape index (κ3) is 3.86. The van der Waals surface area contributed by atoms with Gasteiger partial charge in [-0.2, -0.15) is 0 Å². The molecule has 0 aliphatic rings. The topological polar surface area (TPSA) is 36.4 Å². The van der Waals surface area contributed by atoms with Crippen LogP contribution in [0.3, 0.4) is 0 Å². The van der Waals surface area contributed by atoms with Gasteiger partial charge in [0, 0.05) is 13.1 Å². The molecule has 1 heterocycles. The fourth-order valence-corrected chi connectivity index (χ4v) is 2.01. The van der Waals surface area contributed by atoms with Crippen molar-refractivity contribution in [1.82, 2.24) is 4.98 Å². The molecule has 1 aromatic heterocycles. The molecule has 0 aliphatic heterocycles. The summed E-state index contributed by atoms with van der Waals surface area (Å²) in [7, 11) is 2.02. The normalized spacial score (nSPS) is 12.9. The molecule has 0 radical (unpaired) electrons. The van der Waals surface area contributed by atoms with E-state index in [0.717, 1.165) is 12.2 Å². The Kier molecular flexibility index (Phi) is 5.22. The number of aromatic nitrogens is 1. The Hall–Kier alpha value is -0.800. The summed E-state index contributed by atoms with van der Waals surface area (Å²) >= 11 is 5.92. The number of anilines is 1. The second kappa shape index (κ2) is 6.22. The van der Waals surface area contributed by atoms with Gasteiger partial charge >= 0.3 is 0 Å². The fraction of sp³-hybridized carbons (Fsp3) is 0.615. The molecule has 0 saturated carbocycles. The van der Waals surface area contributed by atoms with Crippen molar-refractivity contribution in [2.45, 2.75) is 39.8 Å². The molecule has 0 aromatic carbocycles. The first-order chi connectivity index (χ1) is 7.95. The first-order valence-electron chi connectivity index (χ1n) is 5.94. The molecule has 1 unspecified atom stereocenters. The number of rotatable bonds is 5. The van der Waals surface area contributed by atoms with Crippen LogP contribution in [0.2, 0.25) is 5.02 Å². The van der Waals surface area contributed by atoms with E-state index in [9.17, 15) is 0 Å². The smallest absolute Gasteiger partial charge is 0.128 e. The fourth-order valence-electron chi connectivity index (χ4n) is 1.85. The number of nitrogens with zero attached hydrogens (tertiary/aromatic N) is 2. The Bertz CT molecular complexity index is 368. The molecule has 1 atom stereocenters. The van der Waals surface area contributed by atoms with Crippen LogP contribution in [0.4, 0.5) is 5.82 Å². The summed E-state index contributed by atoms with van der Waals surface area (Å²) in [6.07, 6.45) is 1.11. The monoisotopic (exact) mass is 256 g/mol. The molecule has 4 heteroatoms. The van der Waals surface area contributed by atoms with E-state index in [4.69, 9.17) is 16.7 Å². The van der Waals surface area contributed by atoms with Gasteiger partial charge in [0.2, 0.25) is 0 Å². The van der Waals surface area contributed by atoms with Gasteiger partial charge in [-0.3, -0.25) is 0 Å². The number of hydrogen-bond donors (Lipinski definition) is 1. The van der Waals surface area contributed by atoms with E-state index in [-0.39, 0.29) is 6.61 Å². The van der Waals surface area contributed by atoms with Gasteiger partial charge in [0.05, 0.1) is 17.3 Å². The highest BCUT2D eigenvalue weighted by Crippen LogP contribution is 2.21. The molecule has 0 spiro atoms. The first-order valence-corrected chi connectivity index (χ1v) is 6.32. The summed E-state index contributed by atoms with van der Waals surface area (Å²) in [5.74, 6) is 1.50. The summed E-state index contributed by atoms with van der Waals surface area (Å²) in [6.45, 7) is 6.46. The lowest BCUT2D eigenvalue weighted by atomic mass is 10.0. The van der Waals surface area contributed by atoms with E-state index < -0.39 is 0 Å². The van der Waals surface area contributed by atoms with Crippen LogP contribution < -0.4 is 4.90 Å². The van der Waals surface area contributed by atoms with Crippen LogP contribution in [0.25, 0.3) is 0 Å². The molecular weight excluding hydrogens is 236 g/mol. The number of pyridine rings is 1. The molecule has 0 saturated heterocycles. The Morgan fingerprint density at radius 1 is 1.35 bits per heavy atom. The Labute approximate surface area is 108 Å². The second-order valence-corrected chi connectivity index (χ2v) is 5.25. The maximum atomic E-state index is 9.14. The number of hydrogen-bond acceptors (Lipinski definition) is 3. The minimum absolute atomic E-state index is 0.126. The lowest BCUT2D eigenvalue weighted by Gasteiger charge is -2.27. The van der Waals surface area contributed by atoms with Crippen LogP contribution in [0.15, 0.2) is 12.1 Å². The molecule has 1 N–H and O–H groups in total. The van der Waals surface area contributed by atoms with Crippen molar-refractivity contribution in [3.63, 3.8) is 0 Å². The third-order valence-corrected chi connectivity index (χ3v) is 3.23. The van der Waals surface area contributed by atoms with Gasteiger partial charge in [-0.05, 0) is 31.4 Å². The van der Waals surface area contributed by atoms with Crippen LogP contribution in [-0.4, -0.2) is 23.2 Å². The standard InChI is InChI=1S/C13H21ClN2O/c1-9(2)7-10(3)16(4)13-6-5-11(14)12(8-17)15-13/h5-6,9-10,17H,7-8H2,1-4H3. The maximum Gasteiger partial charge on any atom is 0.128 e. The highest BCUT2D eigenvalue weighted by Gasteiger charge is 2.14. The largest absolute Gasteiger partial charge is 0.390 e. The molecule has 1 rings (SSSR count). The average molecular weight is 257 g/mol. The predicted molar refractivity (Wildman–Crippen MR) is 72.5 cm³/mol. The molecule has 3 nitrogen and oxygen atoms in total. The number of halogens is 1. The van der Waals surface area contributed by atoms with E-state index in [1.165, 1.54) is 0 Å². The molecule has 0 aliphatic carbocycles. The summed E-state index contributed by atoms with van der Waals surface area (Å²) in [5.41, 5.74) is 0.535. The summed E-state index contributed by atoms with van der Waals surface area (Å²) in [6, 6.07) is 4.09. The molecule has 0 bridgehead atoms. The molecule has 96 valence electrons. The highest BCUT2D eigenvalue weighted by molar-refractivity contribution is 6.31. The zero-order valence-electron chi connectivity index (χ0n) is 10.9. The van der Waals surface area contributed by atoms with Gasteiger partial charge < -0.3 is 10.0 Å². The quantitative estimate of drug-likeness (QED) is 0.880. The van der Waals surface area contributed by atoms with E-state index in [2.05, 4.69) is 30.7 Å². The number of aliphatic hydroxyl groups is 1. The van der Waals surface area contributed by atoms with Crippen molar-refractivity contribution < 1.29 is 5.11 Å². The molecule has 1 aromatic rings. The van der Waals surface area contributed by atoms with Crippen molar-refractivity contribution in [3.8, 4) is 0 Å². The minimum Gasteiger partial charge on any atom is -0.390 e. The maximum absolute atomic E-state index is 9.14. The van der Waals surface area contributed by atoms with E-state index >= 15 is 0 Å². The van der Waals surface area contributed by atoms with E-state index in [1.54, 1.807) is 6.07 Å². The minimum atomic E-state index is -0.126. The van der Waals surface area contributed by atoms with Crippen molar-refractivity contribution >= 4 is 17.4 Å². The van der Waals surface area contributed by atoms with Crippen LogP contribution in [-0.2, 0) is 6.61 Å². The van der Waals surface area contributed by atoms with Crippen molar-refractivity contribution in [2.75, 3.05) is 11.9 Å². The molecule has 17 heavy (non-hydrogen) atoms. The second-order valence-electron chi connectivity index (χ2n) is 4.85. The predicted octanol–water partition coefficient (Wildman–Crippen LogP) is 3.10. The average Bonchev–Trinajstić information content (AvgIpc) is 2.27.